The second-order valence-corrected chi connectivity index (χ2v) is 4.59. The van der Waals surface area contributed by atoms with Crippen LogP contribution in [0.2, 0.25) is 0 Å². The lowest BCUT2D eigenvalue weighted by molar-refractivity contribution is 0.0182. The molecule has 2 unspecified atom stereocenters. The van der Waals surface area contributed by atoms with Gasteiger partial charge in [-0.2, -0.15) is 0 Å². The molecule has 2 bridgehead atoms. The van der Waals surface area contributed by atoms with E-state index in [0.29, 0.717) is 24.0 Å². The van der Waals surface area contributed by atoms with Gasteiger partial charge in [0, 0.05) is 0 Å². The van der Waals surface area contributed by atoms with E-state index in [1.54, 1.807) is 24.3 Å². The number of benzene rings is 1. The third kappa shape index (κ3) is 2.88. The molecule has 2 aliphatic heterocycles. The van der Waals surface area contributed by atoms with Crippen LogP contribution in [0.25, 0.3) is 0 Å². The highest BCUT2D eigenvalue weighted by atomic mass is 16.5. The summed E-state index contributed by atoms with van der Waals surface area (Å²) < 4.78 is 10.6. The first-order valence-corrected chi connectivity index (χ1v) is 6.08. The van der Waals surface area contributed by atoms with Gasteiger partial charge in [-0.25, -0.2) is 9.59 Å². The highest BCUT2D eigenvalue weighted by molar-refractivity contribution is 5.93. The van der Waals surface area contributed by atoms with Crippen molar-refractivity contribution in [2.24, 2.45) is 0 Å². The Hall–Kier alpha value is -1.84. The molecule has 4 nitrogen and oxygen atoms in total. The van der Waals surface area contributed by atoms with Crippen molar-refractivity contribution in [2.75, 3.05) is 0 Å². The number of carbonyl (C=O) groups is 2. The van der Waals surface area contributed by atoms with Crippen LogP contribution in [0.5, 0.6) is 0 Å². The van der Waals surface area contributed by atoms with Gasteiger partial charge in [0.25, 0.3) is 0 Å². The molecule has 0 amide bonds. The lowest BCUT2D eigenvalue weighted by Crippen LogP contribution is -2.21. The molecule has 2 aliphatic rings. The summed E-state index contributed by atoms with van der Waals surface area (Å²) in [6.07, 6.45) is 0.988. The first-order chi connectivity index (χ1) is 8.56. The number of hydrogen-bond donors (Lipinski definition) is 0. The number of esters is 2. The molecule has 0 saturated heterocycles. The van der Waals surface area contributed by atoms with Gasteiger partial charge in [0.05, 0.1) is 23.3 Å². The maximum Gasteiger partial charge on any atom is 0.338 e. The summed E-state index contributed by atoms with van der Waals surface area (Å²) in [4.78, 5) is 23.5. The number of hydrogen-bond acceptors (Lipinski definition) is 4. The summed E-state index contributed by atoms with van der Waals surface area (Å²) in [6, 6.07) is 6.33. The van der Waals surface area contributed by atoms with E-state index in [4.69, 9.17) is 9.47 Å². The van der Waals surface area contributed by atoms with Crippen LogP contribution in [0, 0.1) is 0 Å². The van der Waals surface area contributed by atoms with Crippen molar-refractivity contribution in [2.45, 2.75) is 38.9 Å². The first-order valence-electron chi connectivity index (χ1n) is 6.08. The minimum atomic E-state index is -0.351. The quantitative estimate of drug-likeness (QED) is 0.662. The van der Waals surface area contributed by atoms with Crippen LogP contribution in [0.15, 0.2) is 24.3 Å². The summed E-state index contributed by atoms with van der Waals surface area (Å²) in [5, 5.41) is 0. The zero-order valence-corrected chi connectivity index (χ0v) is 10.5. The van der Waals surface area contributed by atoms with E-state index in [0.717, 1.165) is 0 Å². The van der Waals surface area contributed by atoms with E-state index >= 15 is 0 Å². The largest absolute Gasteiger partial charge is 0.459 e. The van der Waals surface area contributed by atoms with E-state index in [1.165, 1.54) is 0 Å². The summed E-state index contributed by atoms with van der Waals surface area (Å²) >= 11 is 0. The summed E-state index contributed by atoms with van der Waals surface area (Å²) in [7, 11) is 0. The van der Waals surface area contributed by atoms with Crippen LogP contribution < -0.4 is 0 Å². The predicted octanol–water partition coefficient (Wildman–Crippen LogP) is 2.57. The van der Waals surface area contributed by atoms with Gasteiger partial charge in [0.1, 0.15) is 0 Å². The molecule has 0 fully saturated rings. The Morgan fingerprint density at radius 2 is 1.17 bits per heavy atom. The molecule has 0 aromatic heterocycles. The van der Waals surface area contributed by atoms with Gasteiger partial charge >= 0.3 is 11.9 Å². The zero-order valence-electron chi connectivity index (χ0n) is 10.5. The molecule has 2 heterocycles. The summed E-state index contributed by atoms with van der Waals surface area (Å²) in [5.74, 6) is -0.703. The number of ether oxygens (including phenoxy) is 2. The highest BCUT2D eigenvalue weighted by Crippen LogP contribution is 2.15. The molecule has 18 heavy (non-hydrogen) atoms. The average Bonchev–Trinajstić information content (AvgIpc) is 2.35. The number of carbonyl (C=O) groups excluding carboxylic acids is 2. The minimum Gasteiger partial charge on any atom is -0.459 e. The maximum atomic E-state index is 11.8. The maximum absolute atomic E-state index is 11.8. The van der Waals surface area contributed by atoms with Gasteiger partial charge < -0.3 is 9.47 Å². The Kier molecular flexibility index (Phi) is 3.65. The molecule has 1 aromatic carbocycles. The molecular weight excluding hydrogens is 232 g/mol. The van der Waals surface area contributed by atoms with Crippen molar-refractivity contribution < 1.29 is 19.1 Å². The van der Waals surface area contributed by atoms with Crippen LogP contribution in [0.4, 0.5) is 0 Å². The van der Waals surface area contributed by atoms with Crippen molar-refractivity contribution in [1.82, 2.24) is 0 Å². The summed E-state index contributed by atoms with van der Waals surface area (Å²) in [5.41, 5.74) is 0.902. The average molecular weight is 248 g/mol. The van der Waals surface area contributed by atoms with Crippen molar-refractivity contribution in [1.29, 1.82) is 0 Å². The molecule has 2 atom stereocenters. The van der Waals surface area contributed by atoms with E-state index in [9.17, 15) is 9.59 Å². The smallest absolute Gasteiger partial charge is 0.338 e. The third-order valence-corrected chi connectivity index (χ3v) is 2.95. The number of fused-ring (bicyclic) bond motifs is 9. The fraction of sp³-hybridized carbons (Fsp3) is 0.429. The Labute approximate surface area is 106 Å². The van der Waals surface area contributed by atoms with E-state index < -0.39 is 0 Å². The molecule has 96 valence electrons. The Bertz CT molecular complexity index is 406. The van der Waals surface area contributed by atoms with E-state index in [2.05, 4.69) is 0 Å². The fourth-order valence-corrected chi connectivity index (χ4v) is 1.83. The molecule has 0 spiro atoms. The lowest BCUT2D eigenvalue weighted by atomic mass is 10.1. The van der Waals surface area contributed by atoms with Gasteiger partial charge in [-0.1, -0.05) is 0 Å². The van der Waals surface area contributed by atoms with Crippen LogP contribution in [-0.2, 0) is 9.47 Å². The predicted molar refractivity (Wildman–Crippen MR) is 65.4 cm³/mol. The standard InChI is InChI=1S/C14H16O4/c1-9-3-4-10(2)18-14(16)12-7-5-11(6-8-12)13(15)17-9/h5-10H,3-4H2,1-2H3. The van der Waals surface area contributed by atoms with Crippen LogP contribution in [0.3, 0.4) is 0 Å². The van der Waals surface area contributed by atoms with Crippen LogP contribution >= 0.6 is 0 Å². The summed E-state index contributed by atoms with van der Waals surface area (Å²) in [6.45, 7) is 3.68. The molecule has 0 N–H and O–H groups in total. The van der Waals surface area contributed by atoms with E-state index in [1.807, 2.05) is 13.8 Å². The van der Waals surface area contributed by atoms with Crippen molar-refractivity contribution >= 4 is 11.9 Å². The van der Waals surface area contributed by atoms with Gasteiger partial charge in [-0.05, 0) is 51.0 Å². The van der Waals surface area contributed by atoms with E-state index in [-0.39, 0.29) is 24.1 Å². The SMILES string of the molecule is CC1CCC(C)OC(=O)c2ccc(cc2)C(=O)O1. The first kappa shape index (κ1) is 12.6. The number of rotatable bonds is 0. The van der Waals surface area contributed by atoms with Crippen LogP contribution in [0.1, 0.15) is 47.4 Å². The Balaban J connectivity index is 2.29. The molecule has 0 aliphatic carbocycles. The lowest BCUT2D eigenvalue weighted by Gasteiger charge is -2.18. The molecule has 0 radical (unpaired) electrons. The van der Waals surface area contributed by atoms with Gasteiger partial charge in [-0.15, -0.1) is 0 Å². The van der Waals surface area contributed by atoms with Crippen molar-refractivity contribution in [3.05, 3.63) is 35.4 Å². The van der Waals surface area contributed by atoms with Gasteiger partial charge in [0.15, 0.2) is 0 Å². The van der Waals surface area contributed by atoms with Gasteiger partial charge in [0.2, 0.25) is 0 Å². The third-order valence-electron chi connectivity index (χ3n) is 2.95. The molecule has 1 aromatic rings. The van der Waals surface area contributed by atoms with Crippen molar-refractivity contribution in [3.63, 3.8) is 0 Å². The fourth-order valence-electron chi connectivity index (χ4n) is 1.83. The minimum absolute atomic E-state index is 0.183. The molecule has 0 saturated carbocycles. The monoisotopic (exact) mass is 248 g/mol. The topological polar surface area (TPSA) is 52.6 Å². The zero-order chi connectivity index (χ0) is 13.1. The Morgan fingerprint density at radius 3 is 1.50 bits per heavy atom. The molecular formula is C14H16O4. The Morgan fingerprint density at radius 1 is 0.833 bits per heavy atom. The molecule has 3 rings (SSSR count). The van der Waals surface area contributed by atoms with Crippen molar-refractivity contribution in [3.8, 4) is 0 Å². The second-order valence-electron chi connectivity index (χ2n) is 4.59. The normalized spacial score (nSPS) is 24.8. The highest BCUT2D eigenvalue weighted by Gasteiger charge is 2.18. The second kappa shape index (κ2) is 5.21. The molecule has 4 heteroatoms. The van der Waals surface area contributed by atoms with Gasteiger partial charge in [-0.3, -0.25) is 0 Å². The van der Waals surface area contributed by atoms with Crippen LogP contribution in [-0.4, -0.2) is 24.1 Å².